The van der Waals surface area contributed by atoms with Gasteiger partial charge in [-0.25, -0.2) is 4.79 Å². The van der Waals surface area contributed by atoms with Crippen molar-refractivity contribution < 1.29 is 14.3 Å². The van der Waals surface area contributed by atoms with Gasteiger partial charge in [-0.2, -0.15) is 0 Å². The lowest BCUT2D eigenvalue weighted by Crippen LogP contribution is -2.49. The van der Waals surface area contributed by atoms with Crippen molar-refractivity contribution in [3.05, 3.63) is 30.1 Å². The maximum Gasteiger partial charge on any atom is 0.408 e. The lowest BCUT2D eigenvalue weighted by atomic mass is 10.0. The molecule has 0 radical (unpaired) electrons. The summed E-state index contributed by atoms with van der Waals surface area (Å²) in [5, 5.41) is 5.27. The van der Waals surface area contributed by atoms with E-state index in [1.54, 1.807) is 24.5 Å². The van der Waals surface area contributed by atoms with E-state index in [9.17, 15) is 9.59 Å². The van der Waals surface area contributed by atoms with Gasteiger partial charge >= 0.3 is 6.09 Å². The fraction of sp³-hybridized carbons (Fsp3) is 0.500. The molecule has 0 spiro atoms. The van der Waals surface area contributed by atoms with Crippen molar-refractivity contribution in [2.75, 3.05) is 6.54 Å². The zero-order valence-corrected chi connectivity index (χ0v) is 12.1. The van der Waals surface area contributed by atoms with Crippen LogP contribution < -0.4 is 10.6 Å². The molecule has 0 aliphatic rings. The predicted octanol–water partition coefficient (Wildman–Crippen LogP) is 1.47. The first kappa shape index (κ1) is 15.9. The van der Waals surface area contributed by atoms with Gasteiger partial charge in [0.25, 0.3) is 0 Å². The van der Waals surface area contributed by atoms with Crippen LogP contribution in [0.15, 0.2) is 24.5 Å². The third-order valence-corrected chi connectivity index (χ3v) is 2.69. The molecule has 0 aliphatic carbocycles. The van der Waals surface area contributed by atoms with Crippen molar-refractivity contribution in [1.29, 1.82) is 0 Å². The number of alkyl carbamates (subject to hydrolysis) is 1. The zero-order valence-electron chi connectivity index (χ0n) is 12.1. The normalized spacial score (nSPS) is 11.8. The summed E-state index contributed by atoms with van der Waals surface area (Å²) in [6.07, 6.45) is 2.65. The summed E-state index contributed by atoms with van der Waals surface area (Å²) in [6, 6.07) is 2.92. The highest BCUT2D eigenvalue weighted by Crippen LogP contribution is 2.04. The van der Waals surface area contributed by atoms with Gasteiger partial charge in [0.2, 0.25) is 5.91 Å². The third kappa shape index (κ3) is 5.26. The van der Waals surface area contributed by atoms with Crippen LogP contribution in [0, 0.1) is 5.92 Å². The van der Waals surface area contributed by atoms with E-state index in [1.165, 1.54) is 0 Å². The number of amides is 2. The Morgan fingerprint density at radius 3 is 2.50 bits per heavy atom. The first-order valence-corrected chi connectivity index (χ1v) is 6.64. The monoisotopic (exact) mass is 279 g/mol. The second-order valence-electron chi connectivity index (χ2n) is 4.69. The van der Waals surface area contributed by atoms with Crippen molar-refractivity contribution in [3.63, 3.8) is 0 Å². The Morgan fingerprint density at radius 2 is 1.95 bits per heavy atom. The molecule has 110 valence electrons. The summed E-state index contributed by atoms with van der Waals surface area (Å²) in [4.78, 5) is 27.4. The highest BCUT2D eigenvalue weighted by molar-refractivity contribution is 5.85. The van der Waals surface area contributed by atoms with E-state index in [1.807, 2.05) is 20.8 Å². The van der Waals surface area contributed by atoms with Crippen LogP contribution in [0.2, 0.25) is 0 Å². The Balaban J connectivity index is 2.48. The molecule has 0 saturated carbocycles. The minimum Gasteiger partial charge on any atom is -0.445 e. The second kappa shape index (κ2) is 8.14. The number of carbonyl (C=O) groups is 2. The van der Waals surface area contributed by atoms with Crippen molar-refractivity contribution >= 4 is 12.0 Å². The van der Waals surface area contributed by atoms with Gasteiger partial charge in [-0.3, -0.25) is 9.78 Å². The van der Waals surface area contributed by atoms with Crippen LogP contribution in [-0.4, -0.2) is 29.6 Å². The Bertz CT molecular complexity index is 435. The van der Waals surface area contributed by atoms with Crippen LogP contribution in [0.5, 0.6) is 0 Å². The average Bonchev–Trinajstić information content (AvgIpc) is 2.43. The molecule has 1 unspecified atom stereocenters. The molecule has 1 rings (SSSR count). The number of carbonyl (C=O) groups excluding carboxylic acids is 2. The quantitative estimate of drug-likeness (QED) is 0.826. The van der Waals surface area contributed by atoms with Crippen molar-refractivity contribution in [2.45, 2.75) is 33.4 Å². The summed E-state index contributed by atoms with van der Waals surface area (Å²) in [6.45, 7) is 6.23. The Morgan fingerprint density at radius 1 is 1.30 bits per heavy atom. The molecule has 2 amide bonds. The largest absolute Gasteiger partial charge is 0.445 e. The molecule has 1 aromatic heterocycles. The first-order chi connectivity index (χ1) is 9.54. The molecule has 0 aliphatic heterocycles. The third-order valence-electron chi connectivity index (χ3n) is 2.69. The van der Waals surface area contributed by atoms with E-state index in [0.29, 0.717) is 6.54 Å². The number of ether oxygens (including phenoxy) is 1. The van der Waals surface area contributed by atoms with Crippen LogP contribution >= 0.6 is 0 Å². The van der Waals surface area contributed by atoms with Gasteiger partial charge in [-0.05, 0) is 30.5 Å². The summed E-state index contributed by atoms with van der Waals surface area (Å²) in [5.41, 5.74) is 0.842. The molecule has 0 bridgehead atoms. The van der Waals surface area contributed by atoms with Crippen LogP contribution in [0.1, 0.15) is 26.3 Å². The number of nitrogens with zero attached hydrogens (tertiary/aromatic N) is 1. The molecule has 1 aromatic rings. The minimum atomic E-state index is -0.605. The van der Waals surface area contributed by atoms with Crippen molar-refractivity contribution in [3.8, 4) is 0 Å². The maximum absolute atomic E-state index is 11.8. The summed E-state index contributed by atoms with van der Waals surface area (Å²) < 4.78 is 5.08. The van der Waals surface area contributed by atoms with E-state index in [4.69, 9.17) is 4.74 Å². The van der Waals surface area contributed by atoms with E-state index in [0.717, 1.165) is 5.56 Å². The van der Waals surface area contributed by atoms with E-state index in [2.05, 4.69) is 15.6 Å². The molecule has 1 atom stereocenters. The van der Waals surface area contributed by atoms with E-state index < -0.39 is 12.1 Å². The molecule has 20 heavy (non-hydrogen) atoms. The summed E-state index contributed by atoms with van der Waals surface area (Å²) >= 11 is 0. The predicted molar refractivity (Wildman–Crippen MR) is 74.9 cm³/mol. The minimum absolute atomic E-state index is 0.0185. The van der Waals surface area contributed by atoms with E-state index >= 15 is 0 Å². The second-order valence-corrected chi connectivity index (χ2v) is 4.69. The molecule has 1 heterocycles. The number of likely N-dealkylation sites (N-methyl/N-ethyl adjacent to an activating group) is 1. The Hall–Kier alpha value is -2.11. The molecule has 0 aromatic carbocycles. The number of rotatable bonds is 6. The lowest BCUT2D eigenvalue weighted by molar-refractivity contribution is -0.123. The number of nitrogens with one attached hydrogen (secondary N) is 2. The Labute approximate surface area is 118 Å². The van der Waals surface area contributed by atoms with Crippen LogP contribution in [0.25, 0.3) is 0 Å². The molecule has 0 fully saturated rings. The molecule has 6 heteroatoms. The lowest BCUT2D eigenvalue weighted by Gasteiger charge is -2.21. The topological polar surface area (TPSA) is 80.3 Å². The van der Waals surface area contributed by atoms with Crippen LogP contribution in [-0.2, 0) is 16.1 Å². The number of hydrogen-bond donors (Lipinski definition) is 2. The Kier molecular flexibility index (Phi) is 6.49. The molecule has 2 N–H and O–H groups in total. The van der Waals surface area contributed by atoms with Gasteiger partial charge in [0, 0.05) is 18.9 Å². The van der Waals surface area contributed by atoms with Crippen LogP contribution in [0.3, 0.4) is 0 Å². The van der Waals surface area contributed by atoms with E-state index in [-0.39, 0.29) is 18.4 Å². The highest BCUT2D eigenvalue weighted by Gasteiger charge is 2.24. The molecule has 0 saturated heterocycles. The molecule has 6 nitrogen and oxygen atoms in total. The number of aromatic nitrogens is 1. The van der Waals surface area contributed by atoms with Gasteiger partial charge in [-0.1, -0.05) is 13.8 Å². The SMILES string of the molecule is CCNC(=O)C(NC(=O)OCc1ccncc1)C(C)C. The van der Waals surface area contributed by atoms with Crippen molar-refractivity contribution in [2.24, 2.45) is 5.92 Å². The van der Waals surface area contributed by atoms with Gasteiger partial charge in [0.05, 0.1) is 0 Å². The highest BCUT2D eigenvalue weighted by atomic mass is 16.5. The summed E-state index contributed by atoms with van der Waals surface area (Å²) in [7, 11) is 0. The van der Waals surface area contributed by atoms with Gasteiger partial charge in [-0.15, -0.1) is 0 Å². The fourth-order valence-corrected chi connectivity index (χ4v) is 1.62. The molecular weight excluding hydrogens is 258 g/mol. The average molecular weight is 279 g/mol. The maximum atomic E-state index is 11.8. The van der Waals surface area contributed by atoms with Gasteiger partial charge < -0.3 is 15.4 Å². The number of hydrogen-bond acceptors (Lipinski definition) is 4. The smallest absolute Gasteiger partial charge is 0.408 e. The standard InChI is InChI=1S/C14H21N3O3/c1-4-16-13(18)12(10(2)3)17-14(19)20-9-11-5-7-15-8-6-11/h5-8,10,12H,4,9H2,1-3H3,(H,16,18)(H,17,19). The number of pyridine rings is 1. The first-order valence-electron chi connectivity index (χ1n) is 6.64. The molecular formula is C14H21N3O3. The van der Waals surface area contributed by atoms with Crippen LogP contribution in [0.4, 0.5) is 4.79 Å². The van der Waals surface area contributed by atoms with Gasteiger partial charge in [0.15, 0.2) is 0 Å². The fourth-order valence-electron chi connectivity index (χ4n) is 1.62. The zero-order chi connectivity index (χ0) is 15.0. The summed E-state index contributed by atoms with van der Waals surface area (Å²) in [5.74, 6) is -0.224. The van der Waals surface area contributed by atoms with Crippen molar-refractivity contribution in [1.82, 2.24) is 15.6 Å². The van der Waals surface area contributed by atoms with Gasteiger partial charge in [0.1, 0.15) is 12.6 Å².